The summed E-state index contributed by atoms with van der Waals surface area (Å²) in [5, 5.41) is 3.26. The Bertz CT molecular complexity index is 984. The van der Waals surface area contributed by atoms with Crippen LogP contribution in [0.3, 0.4) is 0 Å². The minimum atomic E-state index is -4.66. The molecule has 3 N–H and O–H groups in total. The summed E-state index contributed by atoms with van der Waals surface area (Å²) in [5.74, 6) is 0. The fourth-order valence-corrected chi connectivity index (χ4v) is 3.28. The highest BCUT2D eigenvalue weighted by Gasteiger charge is 2.33. The molecule has 0 unspecified atom stereocenters. The van der Waals surface area contributed by atoms with E-state index in [4.69, 9.17) is 11.6 Å². The zero-order valence-electron chi connectivity index (χ0n) is 15.2. The maximum atomic E-state index is 13.0. The summed E-state index contributed by atoms with van der Waals surface area (Å²) < 4.78 is 65.5. The van der Waals surface area contributed by atoms with Crippen molar-refractivity contribution in [2.45, 2.75) is 25.9 Å². The van der Waals surface area contributed by atoms with Gasteiger partial charge in [-0.2, -0.15) is 21.6 Å². The number of hydrogen-bond acceptors (Lipinski definition) is 5. The quantitative estimate of drug-likeness (QED) is 0.528. The van der Waals surface area contributed by atoms with E-state index in [2.05, 4.69) is 20.3 Å². The first-order chi connectivity index (χ1) is 13.5. The molecule has 0 fully saturated rings. The van der Waals surface area contributed by atoms with E-state index in [0.29, 0.717) is 6.42 Å². The highest BCUT2D eigenvalue weighted by atomic mass is 35.5. The van der Waals surface area contributed by atoms with Gasteiger partial charge in [0.15, 0.2) is 0 Å². The Morgan fingerprint density at radius 1 is 1.21 bits per heavy atom. The second-order valence-corrected chi connectivity index (χ2v) is 7.90. The lowest BCUT2D eigenvalue weighted by Gasteiger charge is -2.15. The normalized spacial score (nSPS) is 11.8. The lowest BCUT2D eigenvalue weighted by Crippen LogP contribution is -2.34. The third-order valence-electron chi connectivity index (χ3n) is 3.66. The van der Waals surface area contributed by atoms with Gasteiger partial charge in [0.1, 0.15) is 0 Å². The lowest BCUT2D eigenvalue weighted by atomic mass is 10.2. The van der Waals surface area contributed by atoms with E-state index in [-0.39, 0.29) is 23.6 Å². The number of sulfonamides is 1. The van der Waals surface area contributed by atoms with Gasteiger partial charge in [0.25, 0.3) is 0 Å². The van der Waals surface area contributed by atoms with Crippen LogP contribution in [0.4, 0.5) is 35.0 Å². The van der Waals surface area contributed by atoms with Crippen molar-refractivity contribution in [2.75, 3.05) is 16.6 Å². The molecule has 2 rings (SSSR count). The van der Waals surface area contributed by atoms with Crippen molar-refractivity contribution in [1.29, 1.82) is 0 Å². The van der Waals surface area contributed by atoms with Crippen molar-refractivity contribution in [2.24, 2.45) is 0 Å². The number of rotatable bonds is 7. The minimum absolute atomic E-state index is 0.0146. The van der Waals surface area contributed by atoms with Crippen molar-refractivity contribution >= 4 is 43.9 Å². The number of aromatic nitrogens is 1. The summed E-state index contributed by atoms with van der Waals surface area (Å²) in [7, 11) is -4.43. The number of alkyl halides is 3. The van der Waals surface area contributed by atoms with Crippen LogP contribution in [0.2, 0.25) is 5.02 Å². The number of hydrogen-bond donors (Lipinski definition) is 3. The summed E-state index contributed by atoms with van der Waals surface area (Å²) in [6.07, 6.45) is -0.847. The van der Waals surface area contributed by atoms with Gasteiger partial charge < -0.3 is 10.6 Å². The largest absolute Gasteiger partial charge is 0.417 e. The van der Waals surface area contributed by atoms with Gasteiger partial charge in [-0.05, 0) is 30.7 Å². The third-order valence-corrected chi connectivity index (χ3v) is 5.11. The Labute approximate surface area is 170 Å². The molecule has 2 aromatic rings. The molecule has 1 amide bonds. The molecule has 0 bridgehead atoms. The van der Waals surface area contributed by atoms with Gasteiger partial charge in [0.05, 0.1) is 28.2 Å². The van der Waals surface area contributed by atoms with E-state index in [9.17, 15) is 26.4 Å². The lowest BCUT2D eigenvalue weighted by molar-refractivity contribution is -0.137. The molecule has 0 saturated carbocycles. The Morgan fingerprint density at radius 3 is 2.59 bits per heavy atom. The van der Waals surface area contributed by atoms with Crippen molar-refractivity contribution in [3.05, 3.63) is 47.2 Å². The maximum absolute atomic E-state index is 13.0. The average Bonchev–Trinajstić information content (AvgIpc) is 2.64. The van der Waals surface area contributed by atoms with Gasteiger partial charge in [0.2, 0.25) is 0 Å². The van der Waals surface area contributed by atoms with Crippen LogP contribution in [0.5, 0.6) is 0 Å². The highest BCUT2D eigenvalue weighted by Crippen LogP contribution is 2.37. The van der Waals surface area contributed by atoms with Gasteiger partial charge in [-0.1, -0.05) is 24.9 Å². The van der Waals surface area contributed by atoms with Crippen LogP contribution in [0, 0.1) is 0 Å². The summed E-state index contributed by atoms with van der Waals surface area (Å²) in [6, 6.07) is 4.50. The molecule has 0 radical (unpaired) electrons. The molecule has 7 nitrogen and oxygen atoms in total. The molecule has 1 aromatic heterocycles. The van der Waals surface area contributed by atoms with E-state index in [1.54, 1.807) is 0 Å². The van der Waals surface area contributed by atoms with Crippen LogP contribution in [0.15, 0.2) is 36.7 Å². The molecule has 0 saturated heterocycles. The number of carbonyl (C=O) groups excluding carboxylic acids is 1. The summed E-state index contributed by atoms with van der Waals surface area (Å²) in [5.41, 5.74) is -1.04. The van der Waals surface area contributed by atoms with Crippen LogP contribution in [-0.4, -0.2) is 25.2 Å². The molecule has 158 valence electrons. The maximum Gasteiger partial charge on any atom is 0.417 e. The summed E-state index contributed by atoms with van der Waals surface area (Å²) in [4.78, 5) is 15.6. The van der Waals surface area contributed by atoms with Crippen molar-refractivity contribution in [3.63, 3.8) is 0 Å². The monoisotopic (exact) mass is 450 g/mol. The molecule has 1 heterocycles. The number of unbranched alkanes of at least 4 members (excludes halogenated alkanes) is 1. The number of nitrogens with zero attached hydrogens (tertiary/aromatic N) is 1. The van der Waals surface area contributed by atoms with Gasteiger partial charge in [-0.15, -0.1) is 0 Å². The first kappa shape index (κ1) is 22.8. The number of nitrogens with one attached hydrogen (secondary N) is 3. The van der Waals surface area contributed by atoms with Crippen molar-refractivity contribution < 1.29 is 26.4 Å². The SMILES string of the molecule is CCCCNC(=O)S(=O)(=O)Nc1cnccc1Nc1ccc(Cl)c(C(F)(F)F)c1. The summed E-state index contributed by atoms with van der Waals surface area (Å²) in [6.45, 7) is 2.08. The molecular formula is C17H18ClF3N4O3S. The van der Waals surface area contributed by atoms with Crippen molar-refractivity contribution in [1.82, 2.24) is 10.3 Å². The van der Waals surface area contributed by atoms with Crippen LogP contribution in [-0.2, 0) is 16.2 Å². The van der Waals surface area contributed by atoms with Crippen LogP contribution < -0.4 is 15.4 Å². The van der Waals surface area contributed by atoms with E-state index in [1.807, 2.05) is 6.92 Å². The molecule has 12 heteroatoms. The standard InChI is InChI=1S/C17H18ClF3N4O3S/c1-2-3-7-23-16(26)29(27,28)25-15-10-22-8-6-14(15)24-11-4-5-13(18)12(9-11)17(19,20)21/h4-6,8-10,25H,2-3,7H2,1H3,(H,22,24)(H,23,26). The zero-order chi connectivity index (χ0) is 21.7. The smallest absolute Gasteiger partial charge is 0.354 e. The second-order valence-electron chi connectivity index (χ2n) is 5.91. The first-order valence-electron chi connectivity index (χ1n) is 8.43. The van der Waals surface area contributed by atoms with E-state index in [0.717, 1.165) is 24.8 Å². The van der Waals surface area contributed by atoms with Crippen LogP contribution >= 0.6 is 11.6 Å². The number of anilines is 3. The third kappa shape index (κ3) is 6.23. The number of pyridine rings is 1. The molecule has 0 aliphatic carbocycles. The zero-order valence-corrected chi connectivity index (χ0v) is 16.7. The Balaban J connectivity index is 2.25. The number of carbonyl (C=O) groups is 1. The number of benzene rings is 1. The fraction of sp³-hybridized carbons (Fsp3) is 0.294. The summed E-state index contributed by atoms with van der Waals surface area (Å²) >= 11 is 5.60. The van der Waals surface area contributed by atoms with Crippen LogP contribution in [0.1, 0.15) is 25.3 Å². The molecular weight excluding hydrogens is 433 g/mol. The average molecular weight is 451 g/mol. The topological polar surface area (TPSA) is 100 Å². The molecule has 0 aliphatic heterocycles. The minimum Gasteiger partial charge on any atom is -0.354 e. The Kier molecular flexibility index (Phi) is 7.31. The predicted octanol–water partition coefficient (Wildman–Crippen LogP) is 4.75. The van der Waals surface area contributed by atoms with Crippen LogP contribution in [0.25, 0.3) is 0 Å². The fourth-order valence-electron chi connectivity index (χ4n) is 2.21. The highest BCUT2D eigenvalue weighted by molar-refractivity contribution is 8.07. The van der Waals surface area contributed by atoms with Gasteiger partial charge in [-0.25, -0.2) is 0 Å². The molecule has 0 aliphatic rings. The first-order valence-corrected chi connectivity index (χ1v) is 10.3. The second kappa shape index (κ2) is 9.31. The number of halogens is 4. The molecule has 29 heavy (non-hydrogen) atoms. The predicted molar refractivity (Wildman–Crippen MR) is 105 cm³/mol. The van der Waals surface area contributed by atoms with Gasteiger partial charge >= 0.3 is 21.4 Å². The van der Waals surface area contributed by atoms with E-state index < -0.39 is 32.0 Å². The van der Waals surface area contributed by atoms with Crippen molar-refractivity contribution in [3.8, 4) is 0 Å². The number of amides is 1. The van der Waals surface area contributed by atoms with Gasteiger partial charge in [-0.3, -0.25) is 14.5 Å². The Hall–Kier alpha value is -2.53. The Morgan fingerprint density at radius 2 is 1.93 bits per heavy atom. The molecule has 1 aromatic carbocycles. The molecule has 0 atom stereocenters. The molecule has 0 spiro atoms. The van der Waals surface area contributed by atoms with E-state index >= 15 is 0 Å². The van der Waals surface area contributed by atoms with Gasteiger partial charge in [0, 0.05) is 18.4 Å². The van der Waals surface area contributed by atoms with E-state index in [1.165, 1.54) is 18.3 Å².